The highest BCUT2D eigenvalue weighted by molar-refractivity contribution is 6.12. The topological polar surface area (TPSA) is 61.8 Å². The molecule has 3 aromatic carbocycles. The molecule has 3 aromatic rings. The van der Waals surface area contributed by atoms with Crippen LogP contribution in [-0.2, 0) is 0 Å². The highest BCUT2D eigenvalue weighted by Crippen LogP contribution is 2.35. The van der Waals surface area contributed by atoms with Gasteiger partial charge in [-0.3, -0.25) is 4.79 Å². The molecule has 2 aliphatic rings. The average molecular weight is 414 g/mol. The van der Waals surface area contributed by atoms with Gasteiger partial charge in [-0.25, -0.2) is 9.18 Å². The molecule has 0 fully saturated rings. The molecule has 0 unspecified atom stereocenters. The lowest BCUT2D eigenvalue weighted by molar-refractivity contribution is 0.0729. The van der Waals surface area contributed by atoms with Crippen molar-refractivity contribution in [2.24, 2.45) is 0 Å². The second kappa shape index (κ2) is 7.57. The molecule has 6 heteroatoms. The zero-order chi connectivity index (χ0) is 21.4. The first-order valence-corrected chi connectivity index (χ1v) is 9.56. The van der Waals surface area contributed by atoms with E-state index >= 15 is 0 Å². The van der Waals surface area contributed by atoms with E-state index in [9.17, 15) is 14.0 Å². The van der Waals surface area contributed by atoms with Crippen molar-refractivity contribution in [2.45, 2.75) is 0 Å². The second-order valence-corrected chi connectivity index (χ2v) is 7.01. The zero-order valence-electron chi connectivity index (χ0n) is 16.1. The summed E-state index contributed by atoms with van der Waals surface area (Å²) in [6, 6.07) is 17.6. The lowest BCUT2D eigenvalue weighted by Crippen LogP contribution is -2.10. The number of ketones is 1. The molecule has 0 saturated heterocycles. The van der Waals surface area contributed by atoms with E-state index in [2.05, 4.69) is 0 Å². The number of ether oxygens (including phenoxy) is 3. The van der Waals surface area contributed by atoms with Gasteiger partial charge in [0.05, 0.1) is 11.1 Å². The van der Waals surface area contributed by atoms with Crippen molar-refractivity contribution >= 4 is 17.8 Å². The fourth-order valence-corrected chi connectivity index (χ4v) is 3.40. The van der Waals surface area contributed by atoms with Crippen LogP contribution in [0.1, 0.15) is 26.3 Å². The van der Waals surface area contributed by atoms with Gasteiger partial charge in [0.2, 0.25) is 5.78 Å². The molecule has 0 atom stereocenters. The molecular weight excluding hydrogens is 399 g/mol. The number of hydrogen-bond acceptors (Lipinski definition) is 5. The molecule has 0 bridgehead atoms. The van der Waals surface area contributed by atoms with Gasteiger partial charge in [-0.1, -0.05) is 30.3 Å². The van der Waals surface area contributed by atoms with Crippen LogP contribution in [0.25, 0.3) is 6.08 Å². The fourth-order valence-electron chi connectivity index (χ4n) is 3.40. The summed E-state index contributed by atoms with van der Waals surface area (Å²) >= 11 is 0. The number of hydrogen-bond donors (Lipinski definition) is 0. The van der Waals surface area contributed by atoms with Gasteiger partial charge < -0.3 is 14.2 Å². The summed E-state index contributed by atoms with van der Waals surface area (Å²) in [5.74, 6) is -0.421. The Bertz CT molecular complexity index is 1290. The number of esters is 1. The Hall–Kier alpha value is -4.19. The molecule has 31 heavy (non-hydrogen) atoms. The van der Waals surface area contributed by atoms with Gasteiger partial charge in [-0.15, -0.1) is 0 Å². The van der Waals surface area contributed by atoms with E-state index in [1.54, 1.807) is 12.1 Å². The van der Waals surface area contributed by atoms with Gasteiger partial charge in [-0.2, -0.15) is 0 Å². The number of benzene rings is 3. The van der Waals surface area contributed by atoms with Crippen molar-refractivity contribution in [3.63, 3.8) is 0 Å². The van der Waals surface area contributed by atoms with Crippen LogP contribution in [0.3, 0.4) is 0 Å². The first-order valence-electron chi connectivity index (χ1n) is 9.56. The van der Waals surface area contributed by atoms with Crippen LogP contribution in [0, 0.1) is 5.82 Å². The Balaban J connectivity index is 1.37. The summed E-state index contributed by atoms with van der Waals surface area (Å²) in [5, 5.41) is 0. The quantitative estimate of drug-likeness (QED) is 0.344. The van der Waals surface area contributed by atoms with Crippen molar-refractivity contribution in [1.82, 2.24) is 0 Å². The summed E-state index contributed by atoms with van der Waals surface area (Å²) in [4.78, 5) is 24.9. The predicted molar refractivity (Wildman–Crippen MR) is 111 cm³/mol. The van der Waals surface area contributed by atoms with Gasteiger partial charge in [0.1, 0.15) is 29.7 Å². The number of rotatable bonds is 3. The van der Waals surface area contributed by atoms with E-state index in [0.29, 0.717) is 12.2 Å². The molecule has 2 aliphatic heterocycles. The molecule has 0 aromatic heterocycles. The molecule has 0 N–H and O–H groups in total. The lowest BCUT2D eigenvalue weighted by atomic mass is 10.1. The SMILES string of the molecule is O=C(Oc1ccc2c(c1)OC(=CC1=Cc3ccccc3OC1)C2=O)c1ccccc1F. The first-order chi connectivity index (χ1) is 15.1. The monoisotopic (exact) mass is 414 g/mol. The third-order valence-corrected chi connectivity index (χ3v) is 4.92. The number of carbonyl (C=O) groups is 2. The summed E-state index contributed by atoms with van der Waals surface area (Å²) in [6.45, 7) is 0.318. The highest BCUT2D eigenvalue weighted by Gasteiger charge is 2.29. The molecular formula is C25H15FO5. The molecule has 5 nitrogen and oxygen atoms in total. The maximum Gasteiger partial charge on any atom is 0.346 e. The van der Waals surface area contributed by atoms with Gasteiger partial charge in [0.15, 0.2) is 5.76 Å². The predicted octanol–water partition coefficient (Wildman–Crippen LogP) is 4.98. The molecule has 0 amide bonds. The minimum atomic E-state index is -0.832. The molecule has 2 heterocycles. The number of allylic oxidation sites excluding steroid dienone is 1. The van der Waals surface area contributed by atoms with E-state index in [0.717, 1.165) is 16.9 Å². The van der Waals surface area contributed by atoms with E-state index in [4.69, 9.17) is 14.2 Å². The molecule has 5 rings (SSSR count). The van der Waals surface area contributed by atoms with E-state index in [-0.39, 0.29) is 28.6 Å². The number of para-hydroxylation sites is 1. The minimum absolute atomic E-state index is 0.148. The van der Waals surface area contributed by atoms with Gasteiger partial charge >= 0.3 is 5.97 Å². The van der Waals surface area contributed by atoms with Crippen LogP contribution >= 0.6 is 0 Å². The summed E-state index contributed by atoms with van der Waals surface area (Å²) in [6.07, 6.45) is 3.58. The van der Waals surface area contributed by atoms with Crippen LogP contribution in [0.15, 0.2) is 84.1 Å². The van der Waals surface area contributed by atoms with Crippen molar-refractivity contribution in [2.75, 3.05) is 6.61 Å². The molecule has 0 radical (unpaired) electrons. The van der Waals surface area contributed by atoms with Gasteiger partial charge in [0, 0.05) is 11.6 Å². The van der Waals surface area contributed by atoms with Crippen molar-refractivity contribution < 1.29 is 28.2 Å². The maximum atomic E-state index is 13.8. The molecule has 152 valence electrons. The normalized spacial score (nSPS) is 15.5. The number of halogens is 1. The molecule has 0 spiro atoms. The third-order valence-electron chi connectivity index (χ3n) is 4.92. The zero-order valence-corrected chi connectivity index (χ0v) is 16.1. The van der Waals surface area contributed by atoms with Crippen LogP contribution in [0.4, 0.5) is 4.39 Å². The fraction of sp³-hybridized carbons (Fsp3) is 0.0400. The summed E-state index contributed by atoms with van der Waals surface area (Å²) < 4.78 is 30.4. The first kappa shape index (κ1) is 18.8. The van der Waals surface area contributed by atoms with E-state index in [1.807, 2.05) is 30.3 Å². The Morgan fingerprint density at radius 3 is 2.68 bits per heavy atom. The average Bonchev–Trinajstić information content (AvgIpc) is 3.08. The Morgan fingerprint density at radius 2 is 1.81 bits per heavy atom. The maximum absolute atomic E-state index is 13.8. The second-order valence-electron chi connectivity index (χ2n) is 7.01. The van der Waals surface area contributed by atoms with Gasteiger partial charge in [-0.05, 0) is 48.1 Å². The molecule has 0 aliphatic carbocycles. The van der Waals surface area contributed by atoms with Crippen LogP contribution in [0.5, 0.6) is 17.2 Å². The Labute approximate surface area is 177 Å². The standard InChI is InChI=1S/C25H15FO5/c26-20-7-3-2-6-18(20)25(28)30-17-9-10-19-22(13-17)31-23(24(19)27)12-15-11-16-5-1-4-8-21(16)29-14-15/h1-13H,14H2. The van der Waals surface area contributed by atoms with Crippen LogP contribution in [0.2, 0.25) is 0 Å². The lowest BCUT2D eigenvalue weighted by Gasteiger charge is -2.15. The van der Waals surface area contributed by atoms with E-state index in [1.165, 1.54) is 36.4 Å². The third kappa shape index (κ3) is 3.59. The summed E-state index contributed by atoms with van der Waals surface area (Å²) in [5.41, 5.74) is 1.90. The number of Topliss-reactive ketones (excluding diaryl/α,β-unsaturated/α-hetero) is 1. The van der Waals surface area contributed by atoms with Crippen molar-refractivity contribution in [1.29, 1.82) is 0 Å². The molecule has 0 saturated carbocycles. The van der Waals surface area contributed by atoms with Crippen molar-refractivity contribution in [3.8, 4) is 17.2 Å². The number of carbonyl (C=O) groups excluding carboxylic acids is 2. The van der Waals surface area contributed by atoms with Crippen molar-refractivity contribution in [3.05, 3.63) is 107 Å². The number of fused-ring (bicyclic) bond motifs is 2. The largest absolute Gasteiger partial charge is 0.488 e. The smallest absolute Gasteiger partial charge is 0.346 e. The Morgan fingerprint density at radius 1 is 1.00 bits per heavy atom. The van der Waals surface area contributed by atoms with Crippen LogP contribution < -0.4 is 14.2 Å². The Kier molecular flexibility index (Phi) is 4.59. The summed E-state index contributed by atoms with van der Waals surface area (Å²) in [7, 11) is 0. The van der Waals surface area contributed by atoms with E-state index < -0.39 is 11.8 Å². The van der Waals surface area contributed by atoms with Crippen LogP contribution in [-0.4, -0.2) is 18.4 Å². The minimum Gasteiger partial charge on any atom is -0.488 e. The highest BCUT2D eigenvalue weighted by atomic mass is 19.1. The van der Waals surface area contributed by atoms with Gasteiger partial charge in [0.25, 0.3) is 0 Å².